The second-order valence-electron chi connectivity index (χ2n) is 4.09. The molecule has 0 amide bonds. The van der Waals surface area contributed by atoms with Crippen molar-refractivity contribution in [2.24, 2.45) is 5.92 Å². The van der Waals surface area contributed by atoms with Gasteiger partial charge in [0.05, 0.1) is 0 Å². The first-order valence-electron chi connectivity index (χ1n) is 5.37. The first-order chi connectivity index (χ1) is 7.24. The van der Waals surface area contributed by atoms with E-state index in [1.165, 1.54) is 5.56 Å². The summed E-state index contributed by atoms with van der Waals surface area (Å²) >= 11 is 0. The minimum absolute atomic E-state index is 0.635. The van der Waals surface area contributed by atoms with Gasteiger partial charge >= 0.3 is 0 Å². The lowest BCUT2D eigenvalue weighted by Gasteiger charge is -2.12. The van der Waals surface area contributed by atoms with Crippen molar-refractivity contribution in [1.82, 2.24) is 0 Å². The van der Waals surface area contributed by atoms with E-state index in [1.807, 2.05) is 18.2 Å². The Balaban J connectivity index is 2.04. The zero-order chi connectivity index (χ0) is 10.7. The Labute approximate surface area is 91.1 Å². The zero-order valence-corrected chi connectivity index (χ0v) is 9.23. The second kappa shape index (κ2) is 4.35. The predicted molar refractivity (Wildman–Crippen MR) is 62.8 cm³/mol. The van der Waals surface area contributed by atoms with E-state index in [1.54, 1.807) is 0 Å². The monoisotopic (exact) mass is 200 g/mol. The van der Waals surface area contributed by atoms with Crippen LogP contribution in [0.1, 0.15) is 18.9 Å². The molecule has 0 aliphatic heterocycles. The molecule has 1 aliphatic carbocycles. The van der Waals surface area contributed by atoms with E-state index in [2.05, 4.69) is 38.1 Å². The van der Waals surface area contributed by atoms with Gasteiger partial charge in [0, 0.05) is 0 Å². The maximum atomic E-state index is 5.73. The summed E-state index contributed by atoms with van der Waals surface area (Å²) in [5.41, 5.74) is 1.25. The molecular weight excluding hydrogens is 184 g/mol. The molecule has 0 heterocycles. The summed E-state index contributed by atoms with van der Waals surface area (Å²) in [5.74, 6) is 2.50. The van der Waals surface area contributed by atoms with Crippen molar-refractivity contribution in [3.8, 4) is 5.75 Å². The minimum Gasteiger partial charge on any atom is -0.458 e. The van der Waals surface area contributed by atoms with Crippen LogP contribution in [-0.4, -0.2) is 0 Å². The van der Waals surface area contributed by atoms with Crippen LogP contribution in [0.3, 0.4) is 0 Å². The Morgan fingerprint density at radius 1 is 1.20 bits per heavy atom. The fourth-order valence-electron chi connectivity index (χ4n) is 1.53. The normalized spacial score (nSPS) is 19.9. The molecule has 0 N–H and O–H groups in total. The van der Waals surface area contributed by atoms with Crippen LogP contribution in [-0.2, 0) is 0 Å². The van der Waals surface area contributed by atoms with Gasteiger partial charge in [-0.2, -0.15) is 0 Å². The number of benzene rings is 1. The van der Waals surface area contributed by atoms with E-state index in [0.29, 0.717) is 5.92 Å². The highest BCUT2D eigenvalue weighted by molar-refractivity contribution is 5.30. The van der Waals surface area contributed by atoms with E-state index in [4.69, 9.17) is 4.74 Å². The van der Waals surface area contributed by atoms with Crippen LogP contribution < -0.4 is 4.74 Å². The molecule has 0 fully saturated rings. The molecule has 1 aromatic rings. The number of allylic oxidation sites excluding steroid dienone is 3. The quantitative estimate of drug-likeness (QED) is 0.704. The molecule has 15 heavy (non-hydrogen) atoms. The summed E-state index contributed by atoms with van der Waals surface area (Å²) in [4.78, 5) is 0. The molecule has 0 aromatic heterocycles. The smallest absolute Gasteiger partial charge is 0.127 e. The van der Waals surface area contributed by atoms with Crippen molar-refractivity contribution in [2.75, 3.05) is 0 Å². The first kappa shape index (κ1) is 10.0. The van der Waals surface area contributed by atoms with E-state index in [9.17, 15) is 0 Å². The molecule has 1 aromatic carbocycles. The topological polar surface area (TPSA) is 9.23 Å². The van der Waals surface area contributed by atoms with Gasteiger partial charge in [-0.25, -0.2) is 0 Å². The van der Waals surface area contributed by atoms with Gasteiger partial charge < -0.3 is 4.74 Å². The fraction of sp³-hybridized carbons (Fsp3) is 0.286. The average molecular weight is 200 g/mol. The summed E-state index contributed by atoms with van der Waals surface area (Å²) in [6, 6.07) is 8.13. The van der Waals surface area contributed by atoms with Gasteiger partial charge in [-0.1, -0.05) is 30.7 Å². The molecule has 1 atom stereocenters. The summed E-state index contributed by atoms with van der Waals surface area (Å²) in [5, 5.41) is 0. The number of hydrogen-bond donors (Lipinski definition) is 0. The highest BCUT2D eigenvalue weighted by atomic mass is 16.5. The highest BCUT2D eigenvalue weighted by Gasteiger charge is 2.04. The maximum absolute atomic E-state index is 5.73. The molecule has 0 saturated carbocycles. The molecule has 1 heteroatoms. The van der Waals surface area contributed by atoms with E-state index in [-0.39, 0.29) is 0 Å². The van der Waals surface area contributed by atoms with E-state index < -0.39 is 0 Å². The van der Waals surface area contributed by atoms with Crippen molar-refractivity contribution in [3.05, 3.63) is 53.8 Å². The molecule has 0 radical (unpaired) electrons. The van der Waals surface area contributed by atoms with Gasteiger partial charge in [0.1, 0.15) is 11.5 Å². The third-order valence-corrected chi connectivity index (χ3v) is 2.54. The molecule has 1 unspecified atom stereocenters. The molecule has 1 nitrogen and oxygen atoms in total. The number of ether oxygens (including phenoxy) is 1. The molecule has 1 aliphatic rings. The lowest BCUT2D eigenvalue weighted by molar-refractivity contribution is 0.435. The lowest BCUT2D eigenvalue weighted by atomic mass is 10.0. The van der Waals surface area contributed by atoms with Crippen molar-refractivity contribution in [3.63, 3.8) is 0 Å². The molecular formula is C14H16O. The lowest BCUT2D eigenvalue weighted by Crippen LogP contribution is -1.99. The van der Waals surface area contributed by atoms with Crippen LogP contribution in [0.5, 0.6) is 5.75 Å². The Bertz CT molecular complexity index is 384. The first-order valence-corrected chi connectivity index (χ1v) is 5.37. The molecule has 0 spiro atoms. The van der Waals surface area contributed by atoms with Crippen LogP contribution in [0.2, 0.25) is 0 Å². The van der Waals surface area contributed by atoms with Crippen LogP contribution >= 0.6 is 0 Å². The fourth-order valence-corrected chi connectivity index (χ4v) is 1.53. The largest absolute Gasteiger partial charge is 0.458 e. The predicted octanol–water partition coefficient (Wildman–Crippen LogP) is 3.85. The van der Waals surface area contributed by atoms with Gasteiger partial charge in [-0.3, -0.25) is 0 Å². The second-order valence-corrected chi connectivity index (χ2v) is 4.09. The van der Waals surface area contributed by atoms with Gasteiger partial charge in [-0.05, 0) is 43.5 Å². The number of aryl methyl sites for hydroxylation is 1. The van der Waals surface area contributed by atoms with Crippen molar-refractivity contribution >= 4 is 0 Å². The highest BCUT2D eigenvalue weighted by Crippen LogP contribution is 2.20. The zero-order valence-electron chi connectivity index (χ0n) is 9.23. The molecule has 0 saturated heterocycles. The van der Waals surface area contributed by atoms with Gasteiger partial charge in [0.25, 0.3) is 0 Å². The summed E-state index contributed by atoms with van der Waals surface area (Å²) < 4.78 is 5.73. The Kier molecular flexibility index (Phi) is 2.91. The Hall–Kier alpha value is -1.50. The summed E-state index contributed by atoms with van der Waals surface area (Å²) in [6.07, 6.45) is 7.44. The summed E-state index contributed by atoms with van der Waals surface area (Å²) in [7, 11) is 0. The standard InChI is InChI=1S/C14H16O/c1-11-3-7-13(8-4-11)15-14-9-5-12(2)6-10-14/h3-5,7-10,12H,6H2,1-2H3. The van der Waals surface area contributed by atoms with Gasteiger partial charge in [0.15, 0.2) is 0 Å². The third-order valence-electron chi connectivity index (χ3n) is 2.54. The van der Waals surface area contributed by atoms with Crippen molar-refractivity contribution in [1.29, 1.82) is 0 Å². The molecule has 0 bridgehead atoms. The van der Waals surface area contributed by atoms with E-state index >= 15 is 0 Å². The van der Waals surface area contributed by atoms with Crippen LogP contribution in [0, 0.1) is 12.8 Å². The number of rotatable bonds is 2. The van der Waals surface area contributed by atoms with E-state index in [0.717, 1.165) is 17.9 Å². The average Bonchev–Trinajstić information content (AvgIpc) is 2.25. The Morgan fingerprint density at radius 3 is 2.53 bits per heavy atom. The molecule has 78 valence electrons. The van der Waals surface area contributed by atoms with Crippen LogP contribution in [0.4, 0.5) is 0 Å². The van der Waals surface area contributed by atoms with Crippen molar-refractivity contribution < 1.29 is 4.74 Å². The maximum Gasteiger partial charge on any atom is 0.127 e. The minimum atomic E-state index is 0.635. The third kappa shape index (κ3) is 2.72. The van der Waals surface area contributed by atoms with Gasteiger partial charge in [0.2, 0.25) is 0 Å². The summed E-state index contributed by atoms with van der Waals surface area (Å²) in [6.45, 7) is 4.28. The van der Waals surface area contributed by atoms with Crippen molar-refractivity contribution in [2.45, 2.75) is 20.3 Å². The van der Waals surface area contributed by atoms with Crippen LogP contribution in [0.15, 0.2) is 48.3 Å². The van der Waals surface area contributed by atoms with Crippen LogP contribution in [0.25, 0.3) is 0 Å². The van der Waals surface area contributed by atoms with Gasteiger partial charge in [-0.15, -0.1) is 0 Å². The molecule has 2 rings (SSSR count). The Morgan fingerprint density at radius 2 is 1.93 bits per heavy atom. The number of hydrogen-bond acceptors (Lipinski definition) is 1. The SMILES string of the molecule is Cc1ccc(OC2=CCC(C)C=C2)cc1.